The van der Waals surface area contributed by atoms with Gasteiger partial charge in [0, 0.05) is 0 Å². The van der Waals surface area contributed by atoms with Gasteiger partial charge in [0.1, 0.15) is 12.2 Å². The van der Waals surface area contributed by atoms with E-state index in [1.807, 2.05) is 0 Å². The Hall–Kier alpha value is -0.950. The summed E-state index contributed by atoms with van der Waals surface area (Å²) in [6, 6.07) is -0.995. The molecule has 4 atom stereocenters. The zero-order chi connectivity index (χ0) is 32.5. The van der Waals surface area contributed by atoms with Crippen molar-refractivity contribution in [1.29, 1.82) is 0 Å². The molecule has 0 aliphatic heterocycles. The molecule has 6 heteroatoms. The molecule has 44 heavy (non-hydrogen) atoms. The van der Waals surface area contributed by atoms with Crippen LogP contribution in [0.1, 0.15) is 194 Å². The van der Waals surface area contributed by atoms with Crippen molar-refractivity contribution < 1.29 is 25.2 Å². The lowest BCUT2D eigenvalue weighted by molar-refractivity contribution is -0.132. The molecule has 0 aromatic carbocycles. The molecule has 0 radical (unpaired) electrons. The van der Waals surface area contributed by atoms with Crippen molar-refractivity contribution >= 4 is 5.91 Å². The Morgan fingerprint density at radius 3 is 1.36 bits per heavy atom. The van der Waals surface area contributed by atoms with Crippen molar-refractivity contribution in [2.24, 2.45) is 0 Å². The summed E-state index contributed by atoms with van der Waals surface area (Å²) in [7, 11) is 0. The van der Waals surface area contributed by atoms with Crippen molar-refractivity contribution in [3.8, 4) is 0 Å². The topological polar surface area (TPSA) is 110 Å². The van der Waals surface area contributed by atoms with Gasteiger partial charge in [-0.2, -0.15) is 0 Å². The highest BCUT2D eigenvalue weighted by molar-refractivity contribution is 5.80. The Morgan fingerprint density at radius 1 is 0.545 bits per heavy atom. The number of hydrogen-bond donors (Lipinski definition) is 5. The first-order valence-electron chi connectivity index (χ1n) is 19.1. The first kappa shape index (κ1) is 43.0. The van der Waals surface area contributed by atoms with E-state index in [-0.39, 0.29) is 0 Å². The van der Waals surface area contributed by atoms with E-state index < -0.39 is 36.9 Å². The summed E-state index contributed by atoms with van der Waals surface area (Å²) in [6.45, 7) is 4.02. The number of allylic oxidation sites excluding steroid dienone is 2. The normalized spacial score (nSPS) is 14.6. The average Bonchev–Trinajstić information content (AvgIpc) is 3.03. The third-order valence-corrected chi connectivity index (χ3v) is 8.98. The lowest BCUT2D eigenvalue weighted by Crippen LogP contribution is -2.53. The molecule has 0 aromatic heterocycles. The molecule has 4 unspecified atom stereocenters. The van der Waals surface area contributed by atoms with Gasteiger partial charge in [-0.15, -0.1) is 0 Å². The molecule has 0 bridgehead atoms. The second kappa shape index (κ2) is 33.4. The quantitative estimate of drug-likeness (QED) is 0.0362. The average molecular weight is 626 g/mol. The van der Waals surface area contributed by atoms with E-state index in [1.54, 1.807) is 0 Å². The second-order valence-electron chi connectivity index (χ2n) is 13.3. The van der Waals surface area contributed by atoms with Crippen LogP contribution in [0.2, 0.25) is 0 Å². The van der Waals surface area contributed by atoms with Crippen molar-refractivity contribution in [1.82, 2.24) is 5.32 Å². The third kappa shape index (κ3) is 27.4. The van der Waals surface area contributed by atoms with Crippen LogP contribution in [0, 0.1) is 0 Å². The monoisotopic (exact) mass is 626 g/mol. The molecule has 0 spiro atoms. The summed E-state index contributed by atoms with van der Waals surface area (Å²) < 4.78 is 0. The summed E-state index contributed by atoms with van der Waals surface area (Å²) >= 11 is 0. The van der Waals surface area contributed by atoms with Crippen molar-refractivity contribution in [3.05, 3.63) is 12.2 Å². The molecule has 0 aromatic rings. The molecule has 0 aliphatic carbocycles. The predicted molar refractivity (Wildman–Crippen MR) is 187 cm³/mol. The van der Waals surface area contributed by atoms with E-state index in [2.05, 4.69) is 31.3 Å². The second-order valence-corrected chi connectivity index (χ2v) is 13.3. The van der Waals surface area contributed by atoms with Crippen LogP contribution in [0.15, 0.2) is 12.2 Å². The number of aliphatic hydroxyl groups is 4. The van der Waals surface area contributed by atoms with Gasteiger partial charge in [-0.3, -0.25) is 4.79 Å². The van der Waals surface area contributed by atoms with Crippen LogP contribution in [-0.4, -0.2) is 57.3 Å². The Morgan fingerprint density at radius 2 is 0.932 bits per heavy atom. The number of unbranched alkanes of at least 4 members (excludes halogenated alkanes) is 23. The molecule has 0 heterocycles. The van der Waals surface area contributed by atoms with Gasteiger partial charge in [0.2, 0.25) is 5.91 Å². The highest BCUT2D eigenvalue weighted by atomic mass is 16.3. The summed E-state index contributed by atoms with van der Waals surface area (Å²) in [5, 5.41) is 43.4. The molecule has 5 N–H and O–H groups in total. The SMILES string of the molecule is CCCCCCCCCCC/C=C/CCCC(O)C(O)C(CO)NC(=O)C(O)CCCCCCCCCCCCCCCC. The summed E-state index contributed by atoms with van der Waals surface area (Å²) in [6.07, 6.45) is 33.7. The summed E-state index contributed by atoms with van der Waals surface area (Å²) in [5.41, 5.74) is 0. The third-order valence-electron chi connectivity index (χ3n) is 8.98. The van der Waals surface area contributed by atoms with Crippen molar-refractivity contribution in [2.75, 3.05) is 6.61 Å². The van der Waals surface area contributed by atoms with Gasteiger partial charge >= 0.3 is 0 Å². The van der Waals surface area contributed by atoms with Gasteiger partial charge < -0.3 is 25.7 Å². The summed E-state index contributed by atoms with van der Waals surface area (Å²) in [5.74, 6) is -0.593. The first-order valence-corrected chi connectivity index (χ1v) is 19.1. The standard InChI is InChI=1S/C38H75NO5/c1-3-5-7-9-11-13-15-17-19-21-23-25-27-29-31-35(41)37(43)34(33-40)39-38(44)36(42)32-30-28-26-24-22-20-18-16-14-12-10-8-6-4-2/h23,25,34-37,40-43H,3-22,24,26-33H2,1-2H3,(H,39,44)/b25-23+. The van der Waals surface area contributed by atoms with Crippen LogP contribution in [0.25, 0.3) is 0 Å². The summed E-state index contributed by atoms with van der Waals surface area (Å²) in [4.78, 5) is 12.4. The van der Waals surface area contributed by atoms with Gasteiger partial charge in [-0.1, -0.05) is 167 Å². The Balaban J connectivity index is 3.84. The minimum Gasteiger partial charge on any atom is -0.394 e. The number of hydrogen-bond acceptors (Lipinski definition) is 5. The van der Waals surface area contributed by atoms with E-state index in [0.29, 0.717) is 12.8 Å². The maximum absolute atomic E-state index is 12.4. The van der Waals surface area contributed by atoms with Crippen LogP contribution in [0.3, 0.4) is 0 Å². The molecule has 0 saturated heterocycles. The van der Waals surface area contributed by atoms with E-state index in [0.717, 1.165) is 38.5 Å². The largest absolute Gasteiger partial charge is 0.394 e. The Bertz CT molecular complexity index is 628. The fourth-order valence-corrected chi connectivity index (χ4v) is 5.87. The van der Waals surface area contributed by atoms with Crippen LogP contribution in [-0.2, 0) is 4.79 Å². The van der Waals surface area contributed by atoms with Gasteiger partial charge in [0.05, 0.1) is 18.8 Å². The first-order chi connectivity index (χ1) is 21.5. The van der Waals surface area contributed by atoms with Gasteiger partial charge in [-0.25, -0.2) is 0 Å². The molecule has 6 nitrogen and oxygen atoms in total. The number of aliphatic hydroxyl groups excluding tert-OH is 4. The Labute approximate surface area is 272 Å². The molecule has 0 saturated carbocycles. The van der Waals surface area contributed by atoms with Crippen LogP contribution in [0.4, 0.5) is 0 Å². The maximum Gasteiger partial charge on any atom is 0.249 e. The molecule has 262 valence electrons. The molecular formula is C38H75NO5. The van der Waals surface area contributed by atoms with Crippen LogP contribution in [0.5, 0.6) is 0 Å². The molecule has 0 fully saturated rings. The van der Waals surface area contributed by atoms with Crippen molar-refractivity contribution in [2.45, 2.75) is 218 Å². The minimum atomic E-state index is -1.27. The molecular weight excluding hydrogens is 550 g/mol. The Kier molecular flexibility index (Phi) is 32.7. The molecule has 0 aliphatic rings. The van der Waals surface area contributed by atoms with Gasteiger partial charge in [-0.05, 0) is 38.5 Å². The maximum atomic E-state index is 12.4. The fourth-order valence-electron chi connectivity index (χ4n) is 5.87. The minimum absolute atomic E-state index is 0.367. The van der Waals surface area contributed by atoms with Crippen molar-refractivity contribution in [3.63, 3.8) is 0 Å². The number of rotatable bonds is 34. The predicted octanol–water partition coefficient (Wildman–Crippen LogP) is 9.07. The zero-order valence-electron chi connectivity index (χ0n) is 29.2. The van der Waals surface area contributed by atoms with E-state index in [4.69, 9.17) is 0 Å². The number of carbonyl (C=O) groups excluding carboxylic acids is 1. The van der Waals surface area contributed by atoms with Crippen LogP contribution >= 0.6 is 0 Å². The zero-order valence-corrected chi connectivity index (χ0v) is 29.2. The number of amides is 1. The molecule has 1 amide bonds. The lowest BCUT2D eigenvalue weighted by atomic mass is 10.00. The van der Waals surface area contributed by atoms with Crippen LogP contribution < -0.4 is 5.32 Å². The van der Waals surface area contributed by atoms with Gasteiger partial charge in [0.25, 0.3) is 0 Å². The number of nitrogens with one attached hydrogen (secondary N) is 1. The van der Waals surface area contributed by atoms with E-state index >= 15 is 0 Å². The molecule has 0 rings (SSSR count). The van der Waals surface area contributed by atoms with Gasteiger partial charge in [0.15, 0.2) is 0 Å². The highest BCUT2D eigenvalue weighted by Gasteiger charge is 2.28. The smallest absolute Gasteiger partial charge is 0.249 e. The fraction of sp³-hybridized carbons (Fsp3) is 0.921. The lowest BCUT2D eigenvalue weighted by Gasteiger charge is -2.27. The number of carbonyl (C=O) groups is 1. The van der Waals surface area contributed by atoms with E-state index in [9.17, 15) is 25.2 Å². The van der Waals surface area contributed by atoms with E-state index in [1.165, 1.54) is 128 Å². The highest BCUT2D eigenvalue weighted by Crippen LogP contribution is 2.15.